The molecular formula is C23H25N3S. The summed E-state index contributed by atoms with van der Waals surface area (Å²) < 4.78 is 0. The van der Waals surface area contributed by atoms with Gasteiger partial charge in [0.15, 0.2) is 0 Å². The maximum Gasteiger partial charge on any atom is 0.126 e. The number of benzene rings is 1. The van der Waals surface area contributed by atoms with Gasteiger partial charge < -0.3 is 5.73 Å². The molecule has 138 valence electrons. The van der Waals surface area contributed by atoms with Gasteiger partial charge in [-0.25, -0.2) is 4.98 Å². The number of aliphatic imine (C=N–C) groups is 1. The van der Waals surface area contributed by atoms with E-state index >= 15 is 0 Å². The van der Waals surface area contributed by atoms with Crippen molar-refractivity contribution in [3.8, 4) is 0 Å². The van der Waals surface area contributed by atoms with Crippen LogP contribution in [0.3, 0.4) is 0 Å². The molecule has 3 heterocycles. The highest BCUT2D eigenvalue weighted by molar-refractivity contribution is 7.21. The van der Waals surface area contributed by atoms with E-state index in [0.717, 1.165) is 45.8 Å². The number of rotatable bonds is 1. The van der Waals surface area contributed by atoms with Crippen molar-refractivity contribution in [3.63, 3.8) is 0 Å². The molecule has 2 N–H and O–H groups in total. The number of fused-ring (bicyclic) bond motifs is 3. The second kappa shape index (κ2) is 6.16. The van der Waals surface area contributed by atoms with Crippen molar-refractivity contribution >= 4 is 33.0 Å². The van der Waals surface area contributed by atoms with E-state index in [1.807, 2.05) is 0 Å². The van der Waals surface area contributed by atoms with Gasteiger partial charge in [-0.15, -0.1) is 11.3 Å². The fraction of sp³-hybridized carbons (Fsp3) is 0.391. The standard InChI is InChI=1S/C23H25N3S/c1-23(2)13-15-9-6-7-10-16(15)20(26-23)21-19(24)17-12-14-8-4-3-5-11-18(14)25-22(17)27-21/h6-7,9-10,12H,3-5,8,11,13,24H2,1-2H3. The number of anilines is 1. The summed E-state index contributed by atoms with van der Waals surface area (Å²) >= 11 is 1.71. The van der Waals surface area contributed by atoms with Gasteiger partial charge >= 0.3 is 0 Å². The SMILES string of the molecule is CC1(C)Cc2ccccc2C(c2sc3nc4c(cc3c2N)CCCCC4)=N1. The van der Waals surface area contributed by atoms with Gasteiger partial charge in [-0.2, -0.15) is 0 Å². The van der Waals surface area contributed by atoms with Crippen molar-refractivity contribution in [1.29, 1.82) is 0 Å². The van der Waals surface area contributed by atoms with Gasteiger partial charge in [0, 0.05) is 16.6 Å². The lowest BCUT2D eigenvalue weighted by Crippen LogP contribution is -2.29. The van der Waals surface area contributed by atoms with Crippen molar-refractivity contribution < 1.29 is 0 Å². The summed E-state index contributed by atoms with van der Waals surface area (Å²) in [5.41, 5.74) is 13.7. The molecule has 4 heteroatoms. The Hall–Kier alpha value is -2.20. The first-order valence-electron chi connectivity index (χ1n) is 9.91. The first kappa shape index (κ1) is 16.9. The van der Waals surface area contributed by atoms with E-state index in [1.54, 1.807) is 11.3 Å². The molecule has 2 aliphatic rings. The van der Waals surface area contributed by atoms with Gasteiger partial charge in [-0.3, -0.25) is 4.99 Å². The molecule has 0 radical (unpaired) electrons. The van der Waals surface area contributed by atoms with Crippen LogP contribution in [0.15, 0.2) is 35.3 Å². The Labute approximate surface area is 164 Å². The Kier molecular flexibility index (Phi) is 3.87. The number of nitrogens with two attached hydrogens (primary N) is 1. The molecule has 0 unspecified atom stereocenters. The van der Waals surface area contributed by atoms with Gasteiger partial charge in [-0.05, 0) is 63.1 Å². The highest BCUT2D eigenvalue weighted by atomic mass is 32.1. The molecule has 1 aliphatic carbocycles. The summed E-state index contributed by atoms with van der Waals surface area (Å²) in [6, 6.07) is 10.9. The fourth-order valence-electron chi connectivity index (χ4n) is 4.46. The Balaban J connectivity index is 1.71. The van der Waals surface area contributed by atoms with Crippen molar-refractivity contribution in [1.82, 2.24) is 4.98 Å². The average molecular weight is 376 g/mol. The van der Waals surface area contributed by atoms with E-state index in [4.69, 9.17) is 15.7 Å². The summed E-state index contributed by atoms with van der Waals surface area (Å²) in [4.78, 5) is 12.3. The molecular weight excluding hydrogens is 350 g/mol. The summed E-state index contributed by atoms with van der Waals surface area (Å²) in [6.45, 7) is 4.40. The number of thiophene rings is 1. The van der Waals surface area contributed by atoms with E-state index in [0.29, 0.717) is 0 Å². The van der Waals surface area contributed by atoms with Crippen LogP contribution in [0.2, 0.25) is 0 Å². The Morgan fingerprint density at radius 3 is 2.74 bits per heavy atom. The lowest BCUT2D eigenvalue weighted by atomic mass is 9.86. The van der Waals surface area contributed by atoms with Gasteiger partial charge in [0.25, 0.3) is 0 Å². The normalized spacial score (nSPS) is 18.5. The summed E-state index contributed by atoms with van der Waals surface area (Å²) in [7, 11) is 0. The van der Waals surface area contributed by atoms with Crippen LogP contribution in [-0.4, -0.2) is 16.2 Å². The second-order valence-electron chi connectivity index (χ2n) is 8.46. The Morgan fingerprint density at radius 2 is 1.85 bits per heavy atom. The van der Waals surface area contributed by atoms with E-state index < -0.39 is 0 Å². The number of pyridine rings is 1. The molecule has 5 rings (SSSR count). The number of hydrogen-bond donors (Lipinski definition) is 1. The zero-order valence-corrected chi connectivity index (χ0v) is 16.8. The second-order valence-corrected chi connectivity index (χ2v) is 9.46. The quantitative estimate of drug-likeness (QED) is 0.585. The molecule has 0 amide bonds. The number of nitrogen functional groups attached to an aromatic ring is 1. The van der Waals surface area contributed by atoms with Crippen LogP contribution < -0.4 is 5.73 Å². The molecule has 1 aromatic carbocycles. The van der Waals surface area contributed by atoms with E-state index in [9.17, 15) is 0 Å². The van der Waals surface area contributed by atoms with Crippen LogP contribution in [0, 0.1) is 0 Å². The molecule has 2 aromatic heterocycles. The summed E-state index contributed by atoms with van der Waals surface area (Å²) in [6.07, 6.45) is 6.98. The third kappa shape index (κ3) is 2.87. The van der Waals surface area contributed by atoms with Gasteiger partial charge in [0.2, 0.25) is 0 Å². The van der Waals surface area contributed by atoms with Crippen LogP contribution in [0.25, 0.3) is 10.2 Å². The first-order chi connectivity index (χ1) is 13.0. The topological polar surface area (TPSA) is 51.3 Å². The maximum absolute atomic E-state index is 6.68. The van der Waals surface area contributed by atoms with Crippen molar-refractivity contribution in [2.45, 2.75) is 57.9 Å². The minimum Gasteiger partial charge on any atom is -0.397 e. The minimum atomic E-state index is -0.114. The van der Waals surface area contributed by atoms with Crippen LogP contribution in [0.5, 0.6) is 0 Å². The van der Waals surface area contributed by atoms with Crippen molar-refractivity contribution in [2.75, 3.05) is 5.73 Å². The van der Waals surface area contributed by atoms with Gasteiger partial charge in [-0.1, -0.05) is 30.7 Å². The third-order valence-electron chi connectivity index (χ3n) is 5.77. The Morgan fingerprint density at radius 1 is 1.04 bits per heavy atom. The molecule has 0 atom stereocenters. The third-order valence-corrected chi connectivity index (χ3v) is 6.90. The van der Waals surface area contributed by atoms with Crippen molar-refractivity contribution in [2.24, 2.45) is 4.99 Å². The smallest absolute Gasteiger partial charge is 0.126 e. The zero-order chi connectivity index (χ0) is 18.6. The first-order valence-corrected chi connectivity index (χ1v) is 10.7. The predicted molar refractivity (Wildman–Crippen MR) is 115 cm³/mol. The number of aryl methyl sites for hydroxylation is 2. The molecule has 0 spiro atoms. The Bertz CT molecular complexity index is 1070. The predicted octanol–water partition coefficient (Wildman–Crippen LogP) is 5.32. The van der Waals surface area contributed by atoms with Crippen LogP contribution >= 0.6 is 11.3 Å². The zero-order valence-electron chi connectivity index (χ0n) is 16.0. The minimum absolute atomic E-state index is 0.114. The van der Waals surface area contributed by atoms with E-state index in [1.165, 1.54) is 41.6 Å². The number of nitrogens with zero attached hydrogens (tertiary/aromatic N) is 2. The molecule has 0 fully saturated rings. The van der Waals surface area contributed by atoms with Crippen LogP contribution in [-0.2, 0) is 19.3 Å². The van der Waals surface area contributed by atoms with Crippen LogP contribution in [0.4, 0.5) is 5.69 Å². The molecule has 27 heavy (non-hydrogen) atoms. The molecule has 1 aliphatic heterocycles. The highest BCUT2D eigenvalue weighted by Gasteiger charge is 2.29. The molecule has 3 nitrogen and oxygen atoms in total. The fourth-order valence-corrected chi connectivity index (χ4v) is 5.56. The van der Waals surface area contributed by atoms with Gasteiger partial charge in [0.1, 0.15) is 4.83 Å². The largest absolute Gasteiger partial charge is 0.397 e. The summed E-state index contributed by atoms with van der Waals surface area (Å²) in [5.74, 6) is 0. The maximum atomic E-state index is 6.68. The lowest BCUT2D eigenvalue weighted by Gasteiger charge is -2.28. The molecule has 0 bridgehead atoms. The van der Waals surface area contributed by atoms with E-state index in [2.05, 4.69) is 44.2 Å². The summed E-state index contributed by atoms with van der Waals surface area (Å²) in [5, 5.41) is 1.11. The average Bonchev–Trinajstić information content (AvgIpc) is 2.80. The molecule has 0 saturated heterocycles. The van der Waals surface area contributed by atoms with Crippen LogP contribution in [0.1, 0.15) is 60.4 Å². The lowest BCUT2D eigenvalue weighted by molar-refractivity contribution is 0.514. The monoisotopic (exact) mass is 375 g/mol. The molecule has 0 saturated carbocycles. The number of hydrogen-bond acceptors (Lipinski definition) is 4. The number of aromatic nitrogens is 1. The molecule has 3 aromatic rings. The van der Waals surface area contributed by atoms with Crippen molar-refractivity contribution in [3.05, 3.63) is 57.6 Å². The van der Waals surface area contributed by atoms with E-state index in [-0.39, 0.29) is 5.54 Å². The van der Waals surface area contributed by atoms with Gasteiger partial charge in [0.05, 0.1) is 21.8 Å². The highest BCUT2D eigenvalue weighted by Crippen LogP contribution is 2.39.